The van der Waals surface area contributed by atoms with Crippen LogP contribution in [0.4, 0.5) is 0 Å². The summed E-state index contributed by atoms with van der Waals surface area (Å²) in [6, 6.07) is 0.711. The van der Waals surface area contributed by atoms with Gasteiger partial charge in [-0.05, 0) is 57.9 Å². The van der Waals surface area contributed by atoms with Crippen LogP contribution < -0.4 is 5.32 Å². The van der Waals surface area contributed by atoms with Crippen LogP contribution in [0, 0.1) is 5.92 Å². The second-order valence-electron chi connectivity index (χ2n) is 5.91. The first-order chi connectivity index (χ1) is 9.69. The topological polar surface area (TPSA) is 29.9 Å². The van der Waals surface area contributed by atoms with Gasteiger partial charge in [0.1, 0.15) is 0 Å². The van der Waals surface area contributed by atoms with Crippen LogP contribution in [0.1, 0.15) is 57.8 Å². The molecule has 0 aliphatic heterocycles. The van der Waals surface area contributed by atoms with Crippen molar-refractivity contribution in [3.05, 3.63) is 16.4 Å². The highest BCUT2D eigenvalue weighted by molar-refractivity contribution is 6.31. The molecule has 1 N–H and O–H groups in total. The summed E-state index contributed by atoms with van der Waals surface area (Å²) in [5.74, 6) is 0.758. The molecule has 3 nitrogen and oxygen atoms in total. The number of rotatable bonds is 7. The van der Waals surface area contributed by atoms with Gasteiger partial charge in [-0.1, -0.05) is 25.4 Å². The van der Waals surface area contributed by atoms with Crippen molar-refractivity contribution in [1.29, 1.82) is 0 Å². The Hall–Kier alpha value is -0.540. The zero-order valence-corrected chi connectivity index (χ0v) is 13.8. The smallest absolute Gasteiger partial charge is 0.0849 e. The van der Waals surface area contributed by atoms with Gasteiger partial charge in [0.05, 0.1) is 16.4 Å². The summed E-state index contributed by atoms with van der Waals surface area (Å²) in [4.78, 5) is 0. The molecule has 0 radical (unpaired) electrons. The molecule has 0 spiro atoms. The number of halogens is 1. The zero-order valence-electron chi connectivity index (χ0n) is 13.1. The first kappa shape index (κ1) is 15.8. The molecule has 1 heterocycles. The van der Waals surface area contributed by atoms with Gasteiger partial charge >= 0.3 is 0 Å². The molecule has 2 unspecified atom stereocenters. The second kappa shape index (κ2) is 7.46. The van der Waals surface area contributed by atoms with Gasteiger partial charge in [-0.3, -0.25) is 4.68 Å². The van der Waals surface area contributed by atoms with Crippen molar-refractivity contribution < 1.29 is 0 Å². The lowest BCUT2D eigenvalue weighted by Crippen LogP contribution is -2.27. The normalized spacial score (nSPS) is 22.6. The summed E-state index contributed by atoms with van der Waals surface area (Å²) < 4.78 is 2.11. The van der Waals surface area contributed by atoms with E-state index in [1.165, 1.54) is 31.4 Å². The molecule has 20 heavy (non-hydrogen) atoms. The number of aryl methyl sites for hydroxylation is 2. The lowest BCUT2D eigenvalue weighted by molar-refractivity contribution is 0.470. The molecule has 0 bridgehead atoms. The Kier molecular flexibility index (Phi) is 5.91. The van der Waals surface area contributed by atoms with Crippen LogP contribution >= 0.6 is 11.6 Å². The maximum Gasteiger partial charge on any atom is 0.0849 e. The van der Waals surface area contributed by atoms with E-state index >= 15 is 0 Å². The Balaban J connectivity index is 1.98. The first-order valence-electron chi connectivity index (χ1n) is 8.16. The van der Waals surface area contributed by atoms with Gasteiger partial charge in [-0.2, -0.15) is 5.10 Å². The molecule has 2 rings (SSSR count). The standard InChI is InChI=1S/C16H28ClN3/c1-4-9-18-13-8-7-12(10-13)11-15-16(17)14(5-2)19-20(15)6-3/h12-13,18H,4-11H2,1-3H3. The Morgan fingerprint density at radius 2 is 2.10 bits per heavy atom. The lowest BCUT2D eigenvalue weighted by Gasteiger charge is -2.13. The Bertz CT molecular complexity index is 428. The van der Waals surface area contributed by atoms with E-state index in [-0.39, 0.29) is 0 Å². The molecule has 0 saturated heterocycles. The van der Waals surface area contributed by atoms with Gasteiger partial charge in [0.2, 0.25) is 0 Å². The van der Waals surface area contributed by atoms with E-state index in [4.69, 9.17) is 11.6 Å². The molecule has 2 atom stereocenters. The molecule has 1 aliphatic rings. The van der Waals surface area contributed by atoms with Crippen LogP contribution in [-0.2, 0) is 19.4 Å². The van der Waals surface area contributed by atoms with Gasteiger partial charge in [-0.15, -0.1) is 0 Å². The van der Waals surface area contributed by atoms with E-state index in [2.05, 4.69) is 35.9 Å². The van der Waals surface area contributed by atoms with Gasteiger partial charge in [-0.25, -0.2) is 0 Å². The highest BCUT2D eigenvalue weighted by Crippen LogP contribution is 2.32. The van der Waals surface area contributed by atoms with E-state index in [9.17, 15) is 0 Å². The Morgan fingerprint density at radius 3 is 2.75 bits per heavy atom. The number of nitrogens with one attached hydrogen (secondary N) is 1. The van der Waals surface area contributed by atoms with Crippen molar-refractivity contribution in [1.82, 2.24) is 15.1 Å². The number of hydrogen-bond acceptors (Lipinski definition) is 2. The Morgan fingerprint density at radius 1 is 1.30 bits per heavy atom. The van der Waals surface area contributed by atoms with E-state index in [0.717, 1.165) is 42.6 Å². The monoisotopic (exact) mass is 297 g/mol. The van der Waals surface area contributed by atoms with E-state index in [1.807, 2.05) is 0 Å². The summed E-state index contributed by atoms with van der Waals surface area (Å²) in [7, 11) is 0. The summed E-state index contributed by atoms with van der Waals surface area (Å²) in [5, 5.41) is 9.19. The quantitative estimate of drug-likeness (QED) is 0.829. The van der Waals surface area contributed by atoms with Crippen molar-refractivity contribution in [2.75, 3.05) is 6.54 Å². The highest BCUT2D eigenvalue weighted by Gasteiger charge is 2.26. The third kappa shape index (κ3) is 3.56. The number of nitrogens with zero attached hydrogens (tertiary/aromatic N) is 2. The molecule has 1 saturated carbocycles. The van der Waals surface area contributed by atoms with Gasteiger partial charge in [0.25, 0.3) is 0 Å². The molecular formula is C16H28ClN3. The van der Waals surface area contributed by atoms with Crippen molar-refractivity contribution >= 4 is 11.6 Å². The molecule has 4 heteroatoms. The largest absolute Gasteiger partial charge is 0.314 e. The van der Waals surface area contributed by atoms with Crippen molar-refractivity contribution in [3.8, 4) is 0 Å². The molecular weight excluding hydrogens is 270 g/mol. The molecule has 1 aromatic rings. The van der Waals surface area contributed by atoms with Crippen molar-refractivity contribution in [2.45, 2.75) is 71.9 Å². The van der Waals surface area contributed by atoms with E-state index < -0.39 is 0 Å². The fraction of sp³-hybridized carbons (Fsp3) is 0.812. The lowest BCUT2D eigenvalue weighted by atomic mass is 10.0. The fourth-order valence-corrected chi connectivity index (χ4v) is 3.63. The summed E-state index contributed by atoms with van der Waals surface area (Å²) in [6.07, 6.45) is 7.13. The average molecular weight is 298 g/mol. The SMILES string of the molecule is CCCNC1CCC(Cc2c(Cl)c(CC)nn2CC)C1. The predicted molar refractivity (Wildman–Crippen MR) is 85.4 cm³/mol. The third-order valence-corrected chi connectivity index (χ3v) is 4.84. The molecule has 0 aromatic carbocycles. The van der Waals surface area contributed by atoms with Crippen molar-refractivity contribution in [3.63, 3.8) is 0 Å². The van der Waals surface area contributed by atoms with Crippen molar-refractivity contribution in [2.24, 2.45) is 5.92 Å². The molecule has 114 valence electrons. The van der Waals surface area contributed by atoms with Crippen LogP contribution in [0.3, 0.4) is 0 Å². The fourth-order valence-electron chi connectivity index (χ4n) is 3.28. The van der Waals surface area contributed by atoms with Crippen LogP contribution in [0.5, 0.6) is 0 Å². The molecule has 1 fully saturated rings. The minimum absolute atomic E-state index is 0.711. The minimum atomic E-state index is 0.711. The van der Waals surface area contributed by atoms with Gasteiger partial charge in [0, 0.05) is 12.6 Å². The molecule has 0 amide bonds. The first-order valence-corrected chi connectivity index (χ1v) is 8.54. The summed E-state index contributed by atoms with van der Waals surface area (Å²) in [5.41, 5.74) is 2.31. The Labute approximate surface area is 128 Å². The summed E-state index contributed by atoms with van der Waals surface area (Å²) in [6.45, 7) is 8.56. The highest BCUT2D eigenvalue weighted by atomic mass is 35.5. The third-order valence-electron chi connectivity index (χ3n) is 4.40. The minimum Gasteiger partial charge on any atom is -0.314 e. The van der Waals surface area contributed by atoms with Crippen LogP contribution in [-0.4, -0.2) is 22.4 Å². The maximum atomic E-state index is 6.51. The molecule has 1 aliphatic carbocycles. The molecule has 1 aromatic heterocycles. The van der Waals surface area contributed by atoms with Gasteiger partial charge in [0.15, 0.2) is 0 Å². The number of aromatic nitrogens is 2. The van der Waals surface area contributed by atoms with Crippen LogP contribution in [0.15, 0.2) is 0 Å². The van der Waals surface area contributed by atoms with Gasteiger partial charge < -0.3 is 5.32 Å². The zero-order chi connectivity index (χ0) is 14.5. The summed E-state index contributed by atoms with van der Waals surface area (Å²) >= 11 is 6.51. The van der Waals surface area contributed by atoms with Crippen LogP contribution in [0.25, 0.3) is 0 Å². The maximum absolute atomic E-state index is 6.51. The predicted octanol–water partition coefficient (Wildman–Crippen LogP) is 3.83. The van der Waals surface area contributed by atoms with E-state index in [1.54, 1.807) is 0 Å². The van der Waals surface area contributed by atoms with Crippen LogP contribution in [0.2, 0.25) is 5.02 Å². The second-order valence-corrected chi connectivity index (χ2v) is 6.29. The average Bonchev–Trinajstić information content (AvgIpc) is 3.03. The number of hydrogen-bond donors (Lipinski definition) is 1. The van der Waals surface area contributed by atoms with E-state index in [0.29, 0.717) is 6.04 Å².